The third kappa shape index (κ3) is 2.49. The molecule has 1 fully saturated rings. The molecule has 90 valence electrons. The van der Waals surface area contributed by atoms with Crippen molar-refractivity contribution in [1.82, 2.24) is 4.90 Å². The SMILES string of the molecule is O=CN(C1CC1)C(C(=O)O)c1ccccc1Br. The van der Waals surface area contributed by atoms with Gasteiger partial charge in [-0.1, -0.05) is 34.1 Å². The van der Waals surface area contributed by atoms with E-state index in [1.807, 2.05) is 6.07 Å². The number of nitrogens with zero attached hydrogens (tertiary/aromatic N) is 1. The van der Waals surface area contributed by atoms with Gasteiger partial charge in [0.15, 0.2) is 6.04 Å². The molecule has 1 amide bonds. The topological polar surface area (TPSA) is 57.6 Å². The zero-order valence-corrected chi connectivity index (χ0v) is 10.6. The number of carboxylic acids is 1. The van der Waals surface area contributed by atoms with Crippen LogP contribution in [0.2, 0.25) is 0 Å². The Kier molecular flexibility index (Phi) is 3.47. The summed E-state index contributed by atoms with van der Waals surface area (Å²) in [6.45, 7) is 0. The summed E-state index contributed by atoms with van der Waals surface area (Å²) < 4.78 is 0.708. The maximum atomic E-state index is 11.4. The molecule has 0 saturated heterocycles. The quantitative estimate of drug-likeness (QED) is 0.848. The van der Waals surface area contributed by atoms with E-state index in [0.29, 0.717) is 16.4 Å². The molecule has 1 saturated carbocycles. The normalized spacial score (nSPS) is 16.3. The molecule has 4 nitrogen and oxygen atoms in total. The average Bonchev–Trinajstić information content (AvgIpc) is 3.10. The van der Waals surface area contributed by atoms with Gasteiger partial charge in [-0.05, 0) is 18.9 Å². The molecule has 1 aromatic rings. The highest BCUT2D eigenvalue weighted by Gasteiger charge is 2.38. The lowest BCUT2D eigenvalue weighted by Crippen LogP contribution is -2.35. The van der Waals surface area contributed by atoms with Gasteiger partial charge in [0.1, 0.15) is 0 Å². The van der Waals surface area contributed by atoms with Crippen molar-refractivity contribution in [1.29, 1.82) is 0 Å². The second-order valence-electron chi connectivity index (χ2n) is 4.05. The molecule has 0 heterocycles. The van der Waals surface area contributed by atoms with Crippen molar-refractivity contribution in [2.24, 2.45) is 0 Å². The van der Waals surface area contributed by atoms with Gasteiger partial charge in [-0.15, -0.1) is 0 Å². The fourth-order valence-electron chi connectivity index (χ4n) is 1.85. The van der Waals surface area contributed by atoms with E-state index in [2.05, 4.69) is 15.9 Å². The van der Waals surface area contributed by atoms with Crippen LogP contribution in [0.5, 0.6) is 0 Å². The zero-order valence-electron chi connectivity index (χ0n) is 9.04. The molecule has 0 spiro atoms. The Morgan fingerprint density at radius 2 is 2.12 bits per heavy atom. The van der Waals surface area contributed by atoms with Crippen LogP contribution in [-0.2, 0) is 9.59 Å². The molecule has 1 unspecified atom stereocenters. The van der Waals surface area contributed by atoms with E-state index >= 15 is 0 Å². The lowest BCUT2D eigenvalue weighted by atomic mass is 10.1. The smallest absolute Gasteiger partial charge is 0.331 e. The molecule has 0 radical (unpaired) electrons. The van der Waals surface area contributed by atoms with E-state index in [0.717, 1.165) is 12.8 Å². The lowest BCUT2D eigenvalue weighted by Gasteiger charge is -2.25. The Morgan fingerprint density at radius 1 is 1.47 bits per heavy atom. The van der Waals surface area contributed by atoms with Gasteiger partial charge in [0.05, 0.1) is 0 Å². The summed E-state index contributed by atoms with van der Waals surface area (Å²) >= 11 is 3.33. The molecule has 0 aromatic heterocycles. The Morgan fingerprint density at radius 3 is 2.59 bits per heavy atom. The van der Waals surface area contributed by atoms with Gasteiger partial charge in [-0.2, -0.15) is 0 Å². The average molecular weight is 298 g/mol. The van der Waals surface area contributed by atoms with Crippen LogP contribution in [0.25, 0.3) is 0 Å². The van der Waals surface area contributed by atoms with E-state index in [1.54, 1.807) is 18.2 Å². The number of aliphatic carboxylic acids is 1. The molecule has 1 N–H and O–H groups in total. The zero-order chi connectivity index (χ0) is 12.4. The van der Waals surface area contributed by atoms with Gasteiger partial charge in [0, 0.05) is 16.1 Å². The van der Waals surface area contributed by atoms with Crippen LogP contribution in [0.4, 0.5) is 0 Å². The van der Waals surface area contributed by atoms with Crippen molar-refractivity contribution in [3.63, 3.8) is 0 Å². The number of benzene rings is 1. The molecule has 1 atom stereocenters. The maximum Gasteiger partial charge on any atom is 0.331 e. The predicted molar refractivity (Wildman–Crippen MR) is 65.4 cm³/mol. The monoisotopic (exact) mass is 297 g/mol. The highest BCUT2D eigenvalue weighted by molar-refractivity contribution is 9.10. The van der Waals surface area contributed by atoms with Gasteiger partial charge in [0.2, 0.25) is 6.41 Å². The van der Waals surface area contributed by atoms with Crippen LogP contribution in [-0.4, -0.2) is 28.4 Å². The number of carbonyl (C=O) groups is 2. The fourth-order valence-corrected chi connectivity index (χ4v) is 2.35. The Balaban J connectivity index is 2.37. The molecule has 1 aliphatic rings. The first-order valence-corrected chi connectivity index (χ1v) is 6.14. The summed E-state index contributed by atoms with van der Waals surface area (Å²) in [5.74, 6) is -1.00. The minimum absolute atomic E-state index is 0.0701. The van der Waals surface area contributed by atoms with Gasteiger partial charge in [-0.25, -0.2) is 4.79 Å². The first-order chi connectivity index (χ1) is 8.15. The minimum Gasteiger partial charge on any atom is -0.479 e. The Labute approximate surface area is 107 Å². The van der Waals surface area contributed by atoms with Crippen molar-refractivity contribution in [2.75, 3.05) is 0 Å². The van der Waals surface area contributed by atoms with Gasteiger partial charge >= 0.3 is 5.97 Å². The number of rotatable bonds is 5. The summed E-state index contributed by atoms with van der Waals surface area (Å²) in [4.78, 5) is 23.8. The molecule has 1 aliphatic carbocycles. The standard InChI is InChI=1S/C12H12BrNO3/c13-10-4-2-1-3-9(10)11(12(16)17)14(7-15)8-5-6-8/h1-4,7-8,11H,5-6H2,(H,16,17). The van der Waals surface area contributed by atoms with Crippen molar-refractivity contribution in [2.45, 2.75) is 24.9 Å². The Hall–Kier alpha value is -1.36. The van der Waals surface area contributed by atoms with Gasteiger partial charge in [-0.3, -0.25) is 4.79 Å². The molecule has 2 rings (SSSR count). The summed E-state index contributed by atoms with van der Waals surface area (Å²) in [6.07, 6.45) is 2.40. The van der Waals surface area contributed by atoms with Gasteiger partial charge in [0.25, 0.3) is 0 Å². The van der Waals surface area contributed by atoms with Crippen LogP contribution in [0.1, 0.15) is 24.4 Å². The number of carboxylic acid groups (broad SMARTS) is 1. The minimum atomic E-state index is -1.00. The van der Waals surface area contributed by atoms with Crippen LogP contribution >= 0.6 is 15.9 Å². The first-order valence-electron chi connectivity index (χ1n) is 5.35. The molecule has 0 aliphatic heterocycles. The van der Waals surface area contributed by atoms with Crippen LogP contribution < -0.4 is 0 Å². The molecule has 5 heteroatoms. The predicted octanol–water partition coefficient (Wildman–Crippen LogP) is 2.20. The van der Waals surface area contributed by atoms with Crippen LogP contribution in [0, 0.1) is 0 Å². The lowest BCUT2D eigenvalue weighted by molar-refractivity contribution is -0.147. The second kappa shape index (κ2) is 4.87. The van der Waals surface area contributed by atoms with E-state index in [4.69, 9.17) is 0 Å². The van der Waals surface area contributed by atoms with Crippen molar-refractivity contribution in [3.05, 3.63) is 34.3 Å². The maximum absolute atomic E-state index is 11.4. The van der Waals surface area contributed by atoms with E-state index in [9.17, 15) is 14.7 Å². The highest BCUT2D eigenvalue weighted by atomic mass is 79.9. The van der Waals surface area contributed by atoms with Gasteiger partial charge < -0.3 is 10.0 Å². The molecule has 0 bridgehead atoms. The third-order valence-corrected chi connectivity index (χ3v) is 3.54. The van der Waals surface area contributed by atoms with Crippen molar-refractivity contribution in [3.8, 4) is 0 Å². The van der Waals surface area contributed by atoms with Crippen LogP contribution in [0.15, 0.2) is 28.7 Å². The number of amides is 1. The number of hydrogen-bond acceptors (Lipinski definition) is 2. The van der Waals surface area contributed by atoms with E-state index < -0.39 is 12.0 Å². The Bertz CT molecular complexity index is 445. The summed E-state index contributed by atoms with van der Waals surface area (Å²) in [6, 6.07) is 6.25. The molecular formula is C12H12BrNO3. The number of carbonyl (C=O) groups excluding carboxylic acids is 1. The molecular weight excluding hydrogens is 286 g/mol. The van der Waals surface area contributed by atoms with Crippen molar-refractivity contribution < 1.29 is 14.7 Å². The first kappa shape index (κ1) is 12.1. The van der Waals surface area contributed by atoms with E-state index in [-0.39, 0.29) is 6.04 Å². The number of halogens is 1. The number of hydrogen-bond donors (Lipinski definition) is 1. The van der Waals surface area contributed by atoms with Crippen LogP contribution in [0.3, 0.4) is 0 Å². The largest absolute Gasteiger partial charge is 0.479 e. The third-order valence-electron chi connectivity index (χ3n) is 2.82. The highest BCUT2D eigenvalue weighted by Crippen LogP contribution is 2.35. The fraction of sp³-hybridized carbons (Fsp3) is 0.333. The molecule has 1 aromatic carbocycles. The second-order valence-corrected chi connectivity index (χ2v) is 4.90. The molecule has 17 heavy (non-hydrogen) atoms. The summed E-state index contributed by atoms with van der Waals surface area (Å²) in [5, 5.41) is 9.31. The van der Waals surface area contributed by atoms with Crippen molar-refractivity contribution >= 4 is 28.3 Å². The van der Waals surface area contributed by atoms with E-state index in [1.165, 1.54) is 4.90 Å². The summed E-state index contributed by atoms with van der Waals surface area (Å²) in [5.41, 5.74) is 0.610. The summed E-state index contributed by atoms with van der Waals surface area (Å²) in [7, 11) is 0.